The molecule has 0 fully saturated rings. The van der Waals surface area contributed by atoms with Crippen LogP contribution in [0.15, 0.2) is 0 Å². The van der Waals surface area contributed by atoms with Gasteiger partial charge in [-0.3, -0.25) is 0 Å². The van der Waals surface area contributed by atoms with E-state index in [-0.39, 0.29) is 12.4 Å². The standard InChI is InChI=1S/C4H7F4N.ClH/c1-4(9,2(5)6)3(7)8;/h2-3H,9H2,1H3;1H. The normalized spacial score (nSPS) is 12.0. The van der Waals surface area contributed by atoms with Crippen molar-refractivity contribution in [1.82, 2.24) is 0 Å². The summed E-state index contributed by atoms with van der Waals surface area (Å²) in [5.74, 6) is 0. The molecule has 2 N–H and O–H groups in total. The van der Waals surface area contributed by atoms with E-state index in [2.05, 4.69) is 5.73 Å². The van der Waals surface area contributed by atoms with Gasteiger partial charge in [0.15, 0.2) is 0 Å². The molecule has 0 radical (unpaired) electrons. The summed E-state index contributed by atoms with van der Waals surface area (Å²) in [7, 11) is 0. The van der Waals surface area contributed by atoms with Gasteiger partial charge in [0.25, 0.3) is 12.9 Å². The van der Waals surface area contributed by atoms with Crippen molar-refractivity contribution in [1.29, 1.82) is 0 Å². The molecule has 6 heteroatoms. The number of hydrogen-bond donors (Lipinski definition) is 1. The number of alkyl halides is 4. The second-order valence-electron chi connectivity index (χ2n) is 1.97. The van der Waals surface area contributed by atoms with Crippen molar-refractivity contribution < 1.29 is 17.6 Å². The van der Waals surface area contributed by atoms with E-state index in [0.717, 1.165) is 0 Å². The van der Waals surface area contributed by atoms with Crippen molar-refractivity contribution >= 4 is 12.4 Å². The molecule has 0 bridgehead atoms. The minimum absolute atomic E-state index is 0. The Hall–Kier alpha value is -0.0300. The lowest BCUT2D eigenvalue weighted by atomic mass is 10.1. The number of rotatable bonds is 2. The van der Waals surface area contributed by atoms with Crippen LogP contribution in [-0.4, -0.2) is 18.4 Å². The van der Waals surface area contributed by atoms with Crippen LogP contribution in [0, 0.1) is 0 Å². The lowest BCUT2D eigenvalue weighted by Crippen LogP contribution is -2.50. The molecule has 64 valence electrons. The summed E-state index contributed by atoms with van der Waals surface area (Å²) in [5.41, 5.74) is 1.84. The highest BCUT2D eigenvalue weighted by Crippen LogP contribution is 2.19. The third kappa shape index (κ3) is 2.70. The van der Waals surface area contributed by atoms with Crippen LogP contribution in [0.4, 0.5) is 17.6 Å². The maximum absolute atomic E-state index is 11.5. The summed E-state index contributed by atoms with van der Waals surface area (Å²) in [6, 6.07) is 0. The van der Waals surface area contributed by atoms with Crippen LogP contribution in [0.2, 0.25) is 0 Å². The molecule has 0 aromatic carbocycles. The maximum Gasteiger partial charge on any atom is 0.261 e. The van der Waals surface area contributed by atoms with Gasteiger partial charge >= 0.3 is 0 Å². The van der Waals surface area contributed by atoms with Crippen LogP contribution < -0.4 is 5.73 Å². The number of halogens is 5. The molecular formula is C4H8ClF4N. The molecule has 1 nitrogen and oxygen atoms in total. The van der Waals surface area contributed by atoms with Crippen LogP contribution in [0.25, 0.3) is 0 Å². The fourth-order valence-electron chi connectivity index (χ4n) is 0.0952. The number of nitrogens with two attached hydrogens (primary N) is 1. The van der Waals surface area contributed by atoms with E-state index in [0.29, 0.717) is 6.92 Å². The van der Waals surface area contributed by atoms with Gasteiger partial charge in [0.05, 0.1) is 0 Å². The van der Waals surface area contributed by atoms with E-state index in [9.17, 15) is 17.6 Å². The van der Waals surface area contributed by atoms with Gasteiger partial charge < -0.3 is 5.73 Å². The van der Waals surface area contributed by atoms with Crippen LogP contribution in [0.5, 0.6) is 0 Å². The highest BCUT2D eigenvalue weighted by atomic mass is 35.5. The molecule has 0 aromatic heterocycles. The summed E-state index contributed by atoms with van der Waals surface area (Å²) in [6.45, 7) is 0.613. The Bertz CT molecular complexity index is 85.3. The quantitative estimate of drug-likeness (QED) is 0.645. The van der Waals surface area contributed by atoms with Crippen molar-refractivity contribution in [2.45, 2.75) is 25.3 Å². The SMILES string of the molecule is CC(N)(C(F)F)C(F)F.Cl. The second kappa shape index (κ2) is 3.98. The van der Waals surface area contributed by atoms with Gasteiger partial charge in [0.2, 0.25) is 0 Å². The lowest BCUT2D eigenvalue weighted by molar-refractivity contribution is -0.0387. The first-order valence-corrected chi connectivity index (χ1v) is 2.24. The minimum atomic E-state index is -3.18. The first kappa shape index (κ1) is 12.6. The lowest BCUT2D eigenvalue weighted by Gasteiger charge is -2.21. The van der Waals surface area contributed by atoms with Gasteiger partial charge in [-0.2, -0.15) is 0 Å². The first-order valence-electron chi connectivity index (χ1n) is 2.24. The zero-order valence-corrected chi connectivity index (χ0v) is 5.97. The predicted octanol–water partition coefficient (Wildman–Crippen LogP) is 1.66. The summed E-state index contributed by atoms with van der Waals surface area (Å²) in [5, 5.41) is 0. The maximum atomic E-state index is 11.5. The molecule has 0 rings (SSSR count). The van der Waals surface area contributed by atoms with E-state index in [1.165, 1.54) is 0 Å². The molecule has 10 heavy (non-hydrogen) atoms. The zero-order chi connectivity index (χ0) is 7.65. The highest BCUT2D eigenvalue weighted by Gasteiger charge is 2.39. The number of hydrogen-bond acceptors (Lipinski definition) is 1. The molecule has 0 unspecified atom stereocenters. The van der Waals surface area contributed by atoms with Gasteiger partial charge in [-0.25, -0.2) is 17.6 Å². The molecule has 0 spiro atoms. The van der Waals surface area contributed by atoms with E-state index < -0.39 is 18.4 Å². The average Bonchev–Trinajstić information content (AvgIpc) is 1.65. The smallest absolute Gasteiger partial charge is 0.261 e. The van der Waals surface area contributed by atoms with E-state index in [1.807, 2.05) is 0 Å². The van der Waals surface area contributed by atoms with E-state index in [1.54, 1.807) is 0 Å². The Balaban J connectivity index is 0. The van der Waals surface area contributed by atoms with Crippen LogP contribution in [0.1, 0.15) is 6.92 Å². The molecule has 0 amide bonds. The Morgan fingerprint density at radius 1 is 1.10 bits per heavy atom. The van der Waals surface area contributed by atoms with Crippen LogP contribution >= 0.6 is 12.4 Å². The van der Waals surface area contributed by atoms with Gasteiger partial charge in [-0.1, -0.05) is 0 Å². The molecular weight excluding hydrogens is 173 g/mol. The molecule has 0 heterocycles. The third-order valence-corrected chi connectivity index (χ3v) is 0.940. The Labute approximate surface area is 62.0 Å². The molecule has 0 aliphatic heterocycles. The van der Waals surface area contributed by atoms with E-state index >= 15 is 0 Å². The monoisotopic (exact) mass is 181 g/mol. The predicted molar refractivity (Wildman–Crippen MR) is 31.8 cm³/mol. The summed E-state index contributed by atoms with van der Waals surface area (Å²) in [4.78, 5) is 0. The van der Waals surface area contributed by atoms with Crippen LogP contribution in [-0.2, 0) is 0 Å². The summed E-state index contributed by atoms with van der Waals surface area (Å²) < 4.78 is 45.8. The average molecular weight is 182 g/mol. The molecule has 0 saturated carbocycles. The van der Waals surface area contributed by atoms with E-state index in [4.69, 9.17) is 0 Å². The van der Waals surface area contributed by atoms with Crippen LogP contribution in [0.3, 0.4) is 0 Å². The largest absolute Gasteiger partial charge is 0.316 e. The molecule has 0 aliphatic rings. The van der Waals surface area contributed by atoms with Crippen molar-refractivity contribution in [3.8, 4) is 0 Å². The Kier molecular flexibility index (Phi) is 5.02. The fraction of sp³-hybridized carbons (Fsp3) is 1.00. The van der Waals surface area contributed by atoms with Gasteiger partial charge in [0.1, 0.15) is 5.54 Å². The van der Waals surface area contributed by atoms with Crippen molar-refractivity contribution in [2.24, 2.45) is 5.73 Å². The first-order chi connectivity index (χ1) is 3.89. The van der Waals surface area contributed by atoms with Crippen molar-refractivity contribution in [2.75, 3.05) is 0 Å². The second-order valence-corrected chi connectivity index (χ2v) is 1.97. The van der Waals surface area contributed by atoms with Gasteiger partial charge in [-0.15, -0.1) is 12.4 Å². The molecule has 0 aromatic rings. The fourth-order valence-corrected chi connectivity index (χ4v) is 0.0952. The highest BCUT2D eigenvalue weighted by molar-refractivity contribution is 5.85. The van der Waals surface area contributed by atoms with Gasteiger partial charge in [-0.05, 0) is 6.92 Å². The summed E-state index contributed by atoms with van der Waals surface area (Å²) >= 11 is 0. The van der Waals surface area contributed by atoms with Crippen molar-refractivity contribution in [3.63, 3.8) is 0 Å². The third-order valence-electron chi connectivity index (χ3n) is 0.940. The Morgan fingerprint density at radius 2 is 1.30 bits per heavy atom. The van der Waals surface area contributed by atoms with Crippen molar-refractivity contribution in [3.05, 3.63) is 0 Å². The summed E-state index contributed by atoms with van der Waals surface area (Å²) in [6.07, 6.45) is -6.37. The topological polar surface area (TPSA) is 26.0 Å². The zero-order valence-electron chi connectivity index (χ0n) is 5.15. The van der Waals surface area contributed by atoms with Gasteiger partial charge in [0, 0.05) is 0 Å². The molecule has 0 saturated heterocycles. The molecule has 0 aliphatic carbocycles. The Morgan fingerprint density at radius 3 is 1.30 bits per heavy atom. The minimum Gasteiger partial charge on any atom is -0.316 e. The molecule has 0 atom stereocenters.